The van der Waals surface area contributed by atoms with Crippen molar-refractivity contribution in [3.63, 3.8) is 0 Å². The van der Waals surface area contributed by atoms with Crippen molar-refractivity contribution in [2.45, 2.75) is 282 Å². The molecule has 654 valence electrons. The second-order valence-corrected chi connectivity index (χ2v) is 37.9. The van der Waals surface area contributed by atoms with Gasteiger partial charge in [0, 0.05) is 100 Å². The molecule has 12 aromatic rings. The summed E-state index contributed by atoms with van der Waals surface area (Å²) in [5, 5.41) is 35.3. The van der Waals surface area contributed by atoms with Crippen LogP contribution >= 0.6 is 0 Å². The summed E-state index contributed by atoms with van der Waals surface area (Å²) >= 11 is 0. The van der Waals surface area contributed by atoms with Gasteiger partial charge in [-0.15, -0.1) is 0 Å². The van der Waals surface area contributed by atoms with Gasteiger partial charge < -0.3 is 65.9 Å². The highest BCUT2D eigenvalue weighted by molar-refractivity contribution is 5.88. The largest absolute Gasteiger partial charge is 0.416 e. The normalized spacial score (nSPS) is 25.2. The topological polar surface area (TPSA) is 336 Å². The first-order chi connectivity index (χ1) is 58.0. The lowest BCUT2D eigenvalue weighted by atomic mass is 9.76. The van der Waals surface area contributed by atoms with Gasteiger partial charge in [0.2, 0.25) is 0 Å². The van der Waals surface area contributed by atoms with Gasteiger partial charge in [0.15, 0.2) is 6.23 Å². The molecule has 1 saturated heterocycles. The third-order valence-electron chi connectivity index (χ3n) is 27.5. The summed E-state index contributed by atoms with van der Waals surface area (Å²) < 4.78 is 92.0. The third-order valence-corrected chi connectivity index (χ3v) is 27.5. The number of aliphatic hydroxyl groups is 3. The molecule has 31 heteroatoms. The van der Waals surface area contributed by atoms with E-state index in [0.29, 0.717) is 118 Å². The van der Waals surface area contributed by atoms with E-state index in [0.717, 1.165) is 171 Å². The number of ether oxygens (including phenoxy) is 1. The first-order valence-electron chi connectivity index (χ1n) is 43.8. The van der Waals surface area contributed by atoms with Crippen LogP contribution in [0.15, 0.2) is 98.2 Å². The van der Waals surface area contributed by atoms with Crippen LogP contribution in [0.2, 0.25) is 0 Å². The van der Waals surface area contributed by atoms with Crippen molar-refractivity contribution in [3.8, 4) is 0 Å². The zero-order valence-corrected chi connectivity index (χ0v) is 71.7. The minimum atomic E-state index is -4.39. The Labute approximate surface area is 706 Å². The number of fused-ring (bicyclic) bond motifs is 6. The number of alkyl halides is 6. The van der Waals surface area contributed by atoms with Gasteiger partial charge >= 0.3 is 12.4 Å². The molecule has 0 unspecified atom stereocenters. The highest BCUT2D eigenvalue weighted by atomic mass is 19.4. The average Bonchev–Trinajstić information content (AvgIpc) is 1.62. The Balaban J connectivity index is 0.000000136. The summed E-state index contributed by atoms with van der Waals surface area (Å²) in [7, 11) is 0. The number of aromatic amines is 3. The lowest BCUT2D eigenvalue weighted by molar-refractivity contribution is -0.138. The Kier molecular flexibility index (Phi) is 24.5. The number of nitrogen functional groups attached to an aromatic ring is 3. The average molecular weight is 1690 g/mol. The third kappa shape index (κ3) is 18.3. The van der Waals surface area contributed by atoms with Crippen LogP contribution in [-0.2, 0) is 41.8 Å². The van der Waals surface area contributed by atoms with E-state index in [2.05, 4.69) is 159 Å². The van der Waals surface area contributed by atoms with Crippen LogP contribution in [0.25, 0.3) is 66.2 Å². The molecular weight excluding hydrogens is 1570 g/mol. The standard InChI is InChI=1S/C32H45N7O.C30H38F3N7O.C29H36F3N7O2/c1-19(2)39(17-21-14-27(28(40)15-21)38-11-10-24-30(33)34-18-35-31(24)38)23-12-20(13-23)6-9-29-36-25-8-7-22(32(3,4)5)16-26(25)37-29;1-16(2)40(14-19-11-25(26(41)12-19)39-7-6-21-28(34)35-15-36-29(21)39)20-9-18(10-20)4-5-27-37-23-8-17(3)22(30(31,32)33)13-24(23)38-27;1-15(2)39(13-19-11-24(40)28(41-19)38-7-6-20-26(33)34-14-35-27(20)38)18-9-17(10-18)4-5-25-36-22-8-16(3)21(29(30,31)32)12-23(22)37-25/h7-8,10-11,16,18-21,23,27-28,40H,6,9,12-15,17H2,1-5H3,(H,36,37)(H2,33,34,35);6-8,13,15-16,18-20,25-26,41H,4-5,9-12,14H2,1-3H3,(H,37,38)(H2,34,35,36);6-8,12,14-15,17-19,24,28,40H,4-5,9-11,13H2,1-3H3,(H,36,37)(H2,33,34,35)/t20?,21-,23?,27+,28+;18?,19-,20?,25+,26+;17?,18?,19-,24+,28+/m000/s1. The lowest BCUT2D eigenvalue weighted by Crippen LogP contribution is -2.50. The molecule has 12 N–H and O–H groups in total. The predicted octanol–water partition coefficient (Wildman–Crippen LogP) is 16.3. The van der Waals surface area contributed by atoms with Gasteiger partial charge in [0.25, 0.3) is 0 Å². The number of imidazole rings is 3. The van der Waals surface area contributed by atoms with E-state index >= 15 is 0 Å². The Morgan fingerprint density at radius 2 is 0.811 bits per heavy atom. The fourth-order valence-corrected chi connectivity index (χ4v) is 20.6. The van der Waals surface area contributed by atoms with Crippen LogP contribution < -0.4 is 17.2 Å². The molecule has 1 aliphatic heterocycles. The van der Waals surface area contributed by atoms with Crippen molar-refractivity contribution in [3.05, 3.63) is 144 Å². The van der Waals surface area contributed by atoms with E-state index in [1.807, 2.05) is 41.4 Å². The van der Waals surface area contributed by atoms with Crippen LogP contribution in [0.4, 0.5) is 43.8 Å². The zero-order chi connectivity index (χ0) is 86.3. The smallest absolute Gasteiger partial charge is 0.391 e. The number of benzene rings is 3. The molecule has 18 rings (SSSR count). The summed E-state index contributed by atoms with van der Waals surface area (Å²) in [6.07, 6.45) is 15.6. The van der Waals surface area contributed by atoms with Gasteiger partial charge in [0.1, 0.15) is 77.0 Å². The molecule has 5 saturated carbocycles. The number of hydrogen-bond donors (Lipinski definition) is 9. The molecule has 0 bridgehead atoms. The zero-order valence-electron chi connectivity index (χ0n) is 71.7. The highest BCUT2D eigenvalue weighted by Crippen LogP contribution is 2.46. The van der Waals surface area contributed by atoms with E-state index in [-0.39, 0.29) is 40.8 Å². The Morgan fingerprint density at radius 1 is 0.443 bits per heavy atom. The van der Waals surface area contributed by atoms with Crippen molar-refractivity contribution < 1.29 is 46.4 Å². The van der Waals surface area contributed by atoms with Crippen LogP contribution in [0, 0.1) is 43.4 Å². The van der Waals surface area contributed by atoms with Gasteiger partial charge in [0.05, 0.1) is 90.8 Å². The fourth-order valence-electron chi connectivity index (χ4n) is 20.6. The maximum Gasteiger partial charge on any atom is 0.416 e. The number of halogens is 6. The quantitative estimate of drug-likeness (QED) is 0.0254. The summed E-state index contributed by atoms with van der Waals surface area (Å²) in [6, 6.07) is 20.5. The number of aromatic nitrogens is 15. The second kappa shape index (κ2) is 34.6. The SMILES string of the molecule is CC(C)N(C[C@@H]1C[C@@H](O)[C@H](n2ccc3c(N)ncnc32)C1)C1CC(CCc2nc3ccc(C(C)(C)C)cc3[nH]2)C1.Cc1cc2[nH]c(CCC3CC(N(C[C@@H]4C[C@@H](O)[C@H](n5ccc6c(N)ncnc65)C4)C(C)C)C3)nc2cc1C(F)(F)F.Cc1cc2[nH]c(CCC3CC(N(C[C@@H]4C[C@@H](O)[C@H](n5ccc6c(N)ncnc65)O4)C(C)C)C3)nc2cc1C(F)(F)F. The van der Waals surface area contributed by atoms with Crippen molar-refractivity contribution in [2.24, 2.45) is 29.6 Å². The predicted molar refractivity (Wildman–Crippen MR) is 462 cm³/mol. The van der Waals surface area contributed by atoms with Gasteiger partial charge in [-0.3, -0.25) is 14.7 Å². The van der Waals surface area contributed by atoms with E-state index in [9.17, 15) is 41.7 Å². The van der Waals surface area contributed by atoms with Gasteiger partial charge in [-0.2, -0.15) is 26.3 Å². The number of anilines is 3. The molecule has 0 amide bonds. The lowest BCUT2D eigenvalue weighted by Gasteiger charge is -2.46. The number of aliphatic hydroxyl groups excluding tert-OH is 3. The summed E-state index contributed by atoms with van der Waals surface area (Å²) in [5.41, 5.74) is 25.1. The van der Waals surface area contributed by atoms with Gasteiger partial charge in [-0.05, 0) is 245 Å². The molecule has 9 aromatic heterocycles. The first-order valence-corrected chi connectivity index (χ1v) is 43.8. The molecule has 10 heterocycles. The number of nitrogens with zero attached hydrogens (tertiary/aromatic N) is 15. The van der Waals surface area contributed by atoms with Crippen LogP contribution in [0.5, 0.6) is 0 Å². The molecule has 0 radical (unpaired) electrons. The maximum absolute atomic E-state index is 13.3. The van der Waals surface area contributed by atoms with Crippen molar-refractivity contribution in [2.75, 3.05) is 36.8 Å². The van der Waals surface area contributed by atoms with Crippen LogP contribution in [-0.4, -0.2) is 184 Å². The molecule has 0 spiro atoms. The number of nitrogens with one attached hydrogen (secondary N) is 3. The first kappa shape index (κ1) is 86.2. The van der Waals surface area contributed by atoms with Crippen molar-refractivity contribution in [1.82, 2.24) is 88.2 Å². The summed E-state index contributed by atoms with van der Waals surface area (Å²) in [6.45, 7) is 25.9. The molecule has 5 aliphatic carbocycles. The Morgan fingerprint density at radius 3 is 1.20 bits per heavy atom. The van der Waals surface area contributed by atoms with Crippen LogP contribution in [0.1, 0.15) is 216 Å². The monoisotopic (exact) mass is 1680 g/mol. The Bertz CT molecular complexity index is 5410. The molecule has 122 heavy (non-hydrogen) atoms. The summed E-state index contributed by atoms with van der Waals surface area (Å²) in [5.74, 6) is 6.63. The Hall–Kier alpha value is -9.37. The van der Waals surface area contributed by atoms with Crippen LogP contribution in [0.3, 0.4) is 0 Å². The van der Waals surface area contributed by atoms with E-state index in [1.54, 1.807) is 6.07 Å². The van der Waals surface area contributed by atoms with E-state index in [1.165, 1.54) is 63.7 Å². The second-order valence-electron chi connectivity index (χ2n) is 37.9. The molecule has 6 aliphatic rings. The minimum absolute atomic E-state index is 0.0308. The van der Waals surface area contributed by atoms with Gasteiger partial charge in [-0.1, -0.05) is 26.8 Å². The number of rotatable bonds is 24. The minimum Gasteiger partial charge on any atom is -0.391 e. The number of aryl methyl sites for hydroxylation is 5. The molecule has 6 fully saturated rings. The van der Waals surface area contributed by atoms with Gasteiger partial charge in [-0.25, -0.2) is 44.9 Å². The molecule has 3 aromatic carbocycles. The number of hydrogen-bond acceptors (Lipinski definition) is 19. The number of H-pyrrole nitrogens is 3. The van der Waals surface area contributed by atoms with Crippen molar-refractivity contribution in [1.29, 1.82) is 0 Å². The number of nitrogens with two attached hydrogens (primary N) is 3. The van der Waals surface area contributed by atoms with E-state index in [4.69, 9.17) is 26.9 Å². The highest BCUT2D eigenvalue weighted by Gasteiger charge is 2.45. The molecule has 9 atom stereocenters. The molecular formula is C91H119F6N21O4. The summed E-state index contributed by atoms with van der Waals surface area (Å²) in [4.78, 5) is 57.0. The fraction of sp³-hybridized carbons (Fsp3) is 0.571. The van der Waals surface area contributed by atoms with E-state index < -0.39 is 41.9 Å². The van der Waals surface area contributed by atoms with Crippen molar-refractivity contribution >= 4 is 83.7 Å². The molecule has 25 nitrogen and oxygen atoms in total. The maximum atomic E-state index is 13.3.